The average Bonchev–Trinajstić information content (AvgIpc) is 2.81. The number of rotatable bonds is 2. The first-order chi connectivity index (χ1) is 9.16. The van der Waals surface area contributed by atoms with Crippen molar-refractivity contribution in [2.75, 3.05) is 11.4 Å². The van der Waals surface area contributed by atoms with Crippen LogP contribution in [0.2, 0.25) is 0 Å². The van der Waals surface area contributed by atoms with E-state index in [1.54, 1.807) is 18.3 Å². The predicted octanol–water partition coefficient (Wildman–Crippen LogP) is 2.20. The fourth-order valence-corrected chi connectivity index (χ4v) is 2.42. The number of hydrogen-bond acceptors (Lipinski definition) is 3. The summed E-state index contributed by atoms with van der Waals surface area (Å²) < 4.78 is 13.4. The highest BCUT2D eigenvalue weighted by molar-refractivity contribution is 5.99. The predicted molar refractivity (Wildman–Crippen MR) is 72.4 cm³/mol. The molecule has 1 aliphatic heterocycles. The summed E-state index contributed by atoms with van der Waals surface area (Å²) in [6.07, 6.45) is 2.45. The van der Waals surface area contributed by atoms with Gasteiger partial charge in [-0.2, -0.15) is 0 Å². The van der Waals surface area contributed by atoms with Gasteiger partial charge in [0.2, 0.25) is 0 Å². The topological polar surface area (TPSA) is 66.0 Å². The van der Waals surface area contributed by atoms with E-state index in [1.807, 2.05) is 11.0 Å². The smallest absolute Gasteiger partial charge is 0.143 e. The van der Waals surface area contributed by atoms with Gasteiger partial charge in [0.1, 0.15) is 17.3 Å². The second-order valence-electron chi connectivity index (χ2n) is 4.46. The third kappa shape index (κ3) is 1.93. The molecule has 0 atom stereocenters. The normalized spacial score (nSPS) is 13.4. The number of benzene rings is 1. The lowest BCUT2D eigenvalue weighted by molar-refractivity contribution is 0.628. The molecule has 1 aliphatic rings. The molecule has 2 heterocycles. The molecule has 0 radical (unpaired) electrons. The van der Waals surface area contributed by atoms with Crippen LogP contribution in [-0.2, 0) is 6.42 Å². The van der Waals surface area contributed by atoms with E-state index in [0.29, 0.717) is 5.69 Å². The quantitative estimate of drug-likeness (QED) is 0.639. The Morgan fingerprint density at radius 3 is 2.95 bits per heavy atom. The second kappa shape index (κ2) is 4.35. The Bertz CT molecular complexity index is 654. The molecule has 3 N–H and O–H groups in total. The van der Waals surface area contributed by atoms with Crippen LogP contribution >= 0.6 is 0 Å². The van der Waals surface area contributed by atoms with Crippen molar-refractivity contribution < 1.29 is 4.39 Å². The molecule has 0 saturated carbocycles. The molecule has 0 spiro atoms. The van der Waals surface area contributed by atoms with Gasteiger partial charge in [0.05, 0.1) is 5.69 Å². The Kier molecular flexibility index (Phi) is 2.67. The molecule has 0 aliphatic carbocycles. The lowest BCUT2D eigenvalue weighted by atomic mass is 10.1. The standard InChI is InChI=1S/C14H13FN4/c15-10-4-3-9-5-7-19(12(9)8-10)11-2-1-6-18-13(11)14(16)17/h1-4,6,8H,5,7H2,(H3,16,17). The lowest BCUT2D eigenvalue weighted by Crippen LogP contribution is -2.21. The van der Waals surface area contributed by atoms with Gasteiger partial charge in [-0.05, 0) is 36.2 Å². The Morgan fingerprint density at radius 2 is 2.16 bits per heavy atom. The number of aromatic nitrogens is 1. The van der Waals surface area contributed by atoms with Crippen molar-refractivity contribution in [1.29, 1.82) is 5.41 Å². The summed E-state index contributed by atoms with van der Waals surface area (Å²) in [5.41, 5.74) is 8.66. The van der Waals surface area contributed by atoms with Crippen LogP contribution in [0.3, 0.4) is 0 Å². The number of anilines is 2. The van der Waals surface area contributed by atoms with E-state index >= 15 is 0 Å². The maximum absolute atomic E-state index is 13.4. The van der Waals surface area contributed by atoms with Crippen LogP contribution in [0.1, 0.15) is 11.3 Å². The summed E-state index contributed by atoms with van der Waals surface area (Å²) in [5.74, 6) is -0.348. The summed E-state index contributed by atoms with van der Waals surface area (Å²) in [5, 5.41) is 7.58. The summed E-state index contributed by atoms with van der Waals surface area (Å²) in [6, 6.07) is 8.42. The third-order valence-electron chi connectivity index (χ3n) is 3.28. The van der Waals surface area contributed by atoms with Crippen LogP contribution in [0, 0.1) is 11.2 Å². The zero-order valence-electron chi connectivity index (χ0n) is 10.2. The van der Waals surface area contributed by atoms with Gasteiger partial charge in [-0.25, -0.2) is 4.39 Å². The van der Waals surface area contributed by atoms with Crippen molar-refractivity contribution in [3.05, 3.63) is 53.6 Å². The minimum absolute atomic E-state index is 0.0829. The Balaban J connectivity index is 2.11. The minimum Gasteiger partial charge on any atom is -0.382 e. The molecular weight excluding hydrogens is 243 g/mol. The highest BCUT2D eigenvalue weighted by Gasteiger charge is 2.23. The molecule has 0 amide bonds. The lowest BCUT2D eigenvalue weighted by Gasteiger charge is -2.21. The molecule has 0 unspecified atom stereocenters. The summed E-state index contributed by atoms with van der Waals surface area (Å²) >= 11 is 0. The SMILES string of the molecule is N=C(N)c1ncccc1N1CCc2ccc(F)cc21. The van der Waals surface area contributed by atoms with Gasteiger partial charge in [0.15, 0.2) is 0 Å². The van der Waals surface area contributed by atoms with E-state index < -0.39 is 0 Å². The van der Waals surface area contributed by atoms with Crippen LogP contribution in [0.15, 0.2) is 36.5 Å². The number of fused-ring (bicyclic) bond motifs is 1. The van der Waals surface area contributed by atoms with Crippen LogP contribution < -0.4 is 10.6 Å². The first kappa shape index (κ1) is 11.6. The number of amidine groups is 1. The van der Waals surface area contributed by atoms with Crippen molar-refractivity contribution in [1.82, 2.24) is 4.98 Å². The molecule has 5 heteroatoms. The number of nitrogens with two attached hydrogens (primary N) is 1. The molecule has 96 valence electrons. The van der Waals surface area contributed by atoms with Crippen LogP contribution in [0.4, 0.5) is 15.8 Å². The van der Waals surface area contributed by atoms with Crippen LogP contribution in [0.5, 0.6) is 0 Å². The maximum atomic E-state index is 13.4. The Morgan fingerprint density at radius 1 is 1.32 bits per heavy atom. The van der Waals surface area contributed by atoms with E-state index in [-0.39, 0.29) is 11.7 Å². The molecule has 0 bridgehead atoms. The molecule has 1 aromatic heterocycles. The van der Waals surface area contributed by atoms with Crippen molar-refractivity contribution >= 4 is 17.2 Å². The molecule has 1 aromatic carbocycles. The van der Waals surface area contributed by atoms with E-state index in [9.17, 15) is 4.39 Å². The molecule has 19 heavy (non-hydrogen) atoms. The maximum Gasteiger partial charge on any atom is 0.143 e. The highest BCUT2D eigenvalue weighted by Crippen LogP contribution is 2.35. The van der Waals surface area contributed by atoms with Crippen molar-refractivity contribution in [2.24, 2.45) is 5.73 Å². The zero-order chi connectivity index (χ0) is 13.4. The fraction of sp³-hybridized carbons (Fsp3) is 0.143. The number of halogens is 1. The summed E-state index contributed by atoms with van der Waals surface area (Å²) in [7, 11) is 0. The Hall–Kier alpha value is -2.43. The van der Waals surface area contributed by atoms with Gasteiger partial charge >= 0.3 is 0 Å². The van der Waals surface area contributed by atoms with Gasteiger partial charge in [-0.3, -0.25) is 10.4 Å². The van der Waals surface area contributed by atoms with E-state index in [4.69, 9.17) is 11.1 Å². The molecule has 0 fully saturated rings. The summed E-state index contributed by atoms with van der Waals surface area (Å²) in [4.78, 5) is 6.09. The van der Waals surface area contributed by atoms with Crippen LogP contribution in [-0.4, -0.2) is 17.4 Å². The second-order valence-corrected chi connectivity index (χ2v) is 4.46. The number of pyridine rings is 1. The third-order valence-corrected chi connectivity index (χ3v) is 3.28. The molecule has 0 saturated heterocycles. The fourth-order valence-electron chi connectivity index (χ4n) is 2.42. The Labute approximate surface area is 110 Å². The summed E-state index contributed by atoms with van der Waals surface area (Å²) in [6.45, 7) is 0.741. The van der Waals surface area contributed by atoms with E-state index in [1.165, 1.54) is 12.1 Å². The van der Waals surface area contributed by atoms with Gasteiger partial charge in [0.25, 0.3) is 0 Å². The first-order valence-electron chi connectivity index (χ1n) is 6.02. The molecular formula is C14H13FN4. The number of nitrogens with zero attached hydrogens (tertiary/aromatic N) is 2. The van der Waals surface area contributed by atoms with Gasteiger partial charge in [0, 0.05) is 18.4 Å². The van der Waals surface area contributed by atoms with E-state index in [0.717, 1.165) is 29.9 Å². The number of hydrogen-bond donors (Lipinski definition) is 2. The van der Waals surface area contributed by atoms with Crippen molar-refractivity contribution in [2.45, 2.75) is 6.42 Å². The molecule has 2 aromatic rings. The molecule has 4 nitrogen and oxygen atoms in total. The largest absolute Gasteiger partial charge is 0.382 e. The van der Waals surface area contributed by atoms with Gasteiger partial charge < -0.3 is 10.6 Å². The first-order valence-corrected chi connectivity index (χ1v) is 6.02. The average molecular weight is 256 g/mol. The van der Waals surface area contributed by atoms with Gasteiger partial charge in [-0.1, -0.05) is 6.07 Å². The highest BCUT2D eigenvalue weighted by atomic mass is 19.1. The minimum atomic E-state index is -0.265. The monoisotopic (exact) mass is 256 g/mol. The zero-order valence-corrected chi connectivity index (χ0v) is 10.2. The number of nitrogens with one attached hydrogen (secondary N) is 1. The molecule has 3 rings (SSSR count). The number of nitrogen functional groups attached to an aromatic ring is 1. The van der Waals surface area contributed by atoms with Crippen molar-refractivity contribution in [3.63, 3.8) is 0 Å². The van der Waals surface area contributed by atoms with Crippen LogP contribution in [0.25, 0.3) is 0 Å². The van der Waals surface area contributed by atoms with Crippen molar-refractivity contribution in [3.8, 4) is 0 Å². The van der Waals surface area contributed by atoms with E-state index in [2.05, 4.69) is 4.98 Å². The van der Waals surface area contributed by atoms with Gasteiger partial charge in [-0.15, -0.1) is 0 Å².